The van der Waals surface area contributed by atoms with E-state index in [9.17, 15) is 0 Å². The van der Waals surface area contributed by atoms with Crippen LogP contribution < -0.4 is 4.90 Å². The van der Waals surface area contributed by atoms with Crippen LogP contribution in [0.3, 0.4) is 0 Å². The molecule has 2 nitrogen and oxygen atoms in total. The quantitative estimate of drug-likeness (QED) is 0.163. The topological polar surface area (TPSA) is 8.17 Å². The lowest BCUT2D eigenvalue weighted by Crippen LogP contribution is -2.10. The Kier molecular flexibility index (Phi) is 8.21. The predicted octanol–water partition coefficient (Wildman–Crippen LogP) is 14.2. The standard InChI is InChI=1S/C51H40N2/c1-35-21-27-41(28-22-35)52(42-29-23-36(2)24-30-42)43-31-25-37(3)47(34-43)46-19-12-18-44(51(46)38-13-6-4-7-14-38)39-26-32-50-48(33-39)45-17-10-11-20-49(45)53(50)40-15-8-5-9-16-40/h4-34H,1-3H3. The molecule has 0 radical (unpaired) electrons. The maximum absolute atomic E-state index is 2.39. The van der Waals surface area contributed by atoms with Crippen molar-refractivity contribution in [3.63, 3.8) is 0 Å². The minimum atomic E-state index is 1.12. The lowest BCUT2D eigenvalue weighted by Gasteiger charge is -2.27. The first-order chi connectivity index (χ1) is 26.0. The van der Waals surface area contributed by atoms with E-state index in [0.717, 1.165) is 17.1 Å². The second-order valence-electron chi connectivity index (χ2n) is 14.0. The highest BCUT2D eigenvalue weighted by Gasteiger charge is 2.20. The third-order valence-corrected chi connectivity index (χ3v) is 10.5. The van der Waals surface area contributed by atoms with Crippen molar-refractivity contribution in [1.82, 2.24) is 4.57 Å². The first-order valence-corrected chi connectivity index (χ1v) is 18.4. The average molecular weight is 681 g/mol. The third-order valence-electron chi connectivity index (χ3n) is 10.5. The van der Waals surface area contributed by atoms with Crippen molar-refractivity contribution in [2.75, 3.05) is 4.90 Å². The van der Waals surface area contributed by atoms with Crippen molar-refractivity contribution in [3.8, 4) is 39.1 Å². The highest BCUT2D eigenvalue weighted by molar-refractivity contribution is 6.11. The Morgan fingerprint density at radius 3 is 1.66 bits per heavy atom. The summed E-state index contributed by atoms with van der Waals surface area (Å²) in [4.78, 5) is 2.37. The van der Waals surface area contributed by atoms with Gasteiger partial charge in [-0.25, -0.2) is 0 Å². The summed E-state index contributed by atoms with van der Waals surface area (Å²) in [6.45, 7) is 6.51. The number of nitrogens with zero attached hydrogens (tertiary/aromatic N) is 2. The highest BCUT2D eigenvalue weighted by atomic mass is 15.1. The number of rotatable bonds is 7. The van der Waals surface area contributed by atoms with Crippen LogP contribution in [-0.2, 0) is 0 Å². The van der Waals surface area contributed by atoms with Crippen LogP contribution in [0.1, 0.15) is 16.7 Å². The smallest absolute Gasteiger partial charge is 0.0541 e. The van der Waals surface area contributed by atoms with Gasteiger partial charge >= 0.3 is 0 Å². The molecule has 9 rings (SSSR count). The Hall–Kier alpha value is -6.64. The van der Waals surface area contributed by atoms with Gasteiger partial charge in [-0.15, -0.1) is 0 Å². The molecule has 0 unspecified atom stereocenters. The summed E-state index contributed by atoms with van der Waals surface area (Å²) in [7, 11) is 0. The van der Waals surface area contributed by atoms with Crippen LogP contribution in [0, 0.1) is 20.8 Å². The second kappa shape index (κ2) is 13.5. The Labute approximate surface area is 311 Å². The molecule has 0 aliphatic carbocycles. The van der Waals surface area contributed by atoms with Crippen LogP contribution in [0.2, 0.25) is 0 Å². The van der Waals surface area contributed by atoms with E-state index in [1.54, 1.807) is 0 Å². The normalized spacial score (nSPS) is 11.3. The molecule has 1 heterocycles. The van der Waals surface area contributed by atoms with Gasteiger partial charge in [0.1, 0.15) is 0 Å². The largest absolute Gasteiger partial charge is 0.310 e. The number of para-hydroxylation sites is 2. The second-order valence-corrected chi connectivity index (χ2v) is 14.0. The molecule has 0 N–H and O–H groups in total. The van der Waals surface area contributed by atoms with Gasteiger partial charge in [-0.3, -0.25) is 0 Å². The molecular formula is C51H40N2. The molecule has 0 aliphatic heterocycles. The minimum absolute atomic E-state index is 1.12. The van der Waals surface area contributed by atoms with E-state index < -0.39 is 0 Å². The van der Waals surface area contributed by atoms with Crippen molar-refractivity contribution >= 4 is 38.9 Å². The van der Waals surface area contributed by atoms with Gasteiger partial charge in [0, 0.05) is 33.5 Å². The molecule has 254 valence electrons. The Morgan fingerprint density at radius 2 is 0.962 bits per heavy atom. The molecule has 2 heteroatoms. The molecule has 0 spiro atoms. The van der Waals surface area contributed by atoms with E-state index in [-0.39, 0.29) is 0 Å². The minimum Gasteiger partial charge on any atom is -0.310 e. The van der Waals surface area contributed by atoms with E-state index >= 15 is 0 Å². The van der Waals surface area contributed by atoms with Gasteiger partial charge < -0.3 is 9.47 Å². The van der Waals surface area contributed by atoms with Gasteiger partial charge in [0.25, 0.3) is 0 Å². The number of aromatic nitrogens is 1. The molecule has 0 fully saturated rings. The van der Waals surface area contributed by atoms with Crippen molar-refractivity contribution < 1.29 is 0 Å². The van der Waals surface area contributed by atoms with Crippen molar-refractivity contribution in [1.29, 1.82) is 0 Å². The number of hydrogen-bond acceptors (Lipinski definition) is 1. The fourth-order valence-corrected chi connectivity index (χ4v) is 7.80. The van der Waals surface area contributed by atoms with E-state index in [1.807, 2.05) is 0 Å². The summed E-state index contributed by atoms with van der Waals surface area (Å²) in [6, 6.07) is 68.6. The number of aryl methyl sites for hydroxylation is 3. The van der Waals surface area contributed by atoms with Crippen LogP contribution in [0.25, 0.3) is 60.9 Å². The van der Waals surface area contributed by atoms with Crippen LogP contribution in [-0.4, -0.2) is 4.57 Å². The van der Waals surface area contributed by atoms with Crippen LogP contribution >= 0.6 is 0 Å². The number of fused-ring (bicyclic) bond motifs is 3. The molecule has 0 amide bonds. The zero-order chi connectivity index (χ0) is 35.9. The zero-order valence-electron chi connectivity index (χ0n) is 30.3. The lowest BCUT2D eigenvalue weighted by atomic mass is 9.86. The van der Waals surface area contributed by atoms with Gasteiger partial charge in [0.15, 0.2) is 0 Å². The van der Waals surface area contributed by atoms with E-state index in [0.29, 0.717) is 0 Å². The van der Waals surface area contributed by atoms with Crippen LogP contribution in [0.15, 0.2) is 188 Å². The van der Waals surface area contributed by atoms with E-state index in [4.69, 9.17) is 0 Å². The maximum atomic E-state index is 2.39. The molecule has 0 aliphatic rings. The first kappa shape index (κ1) is 32.3. The molecule has 53 heavy (non-hydrogen) atoms. The number of hydrogen-bond donors (Lipinski definition) is 0. The highest BCUT2D eigenvalue weighted by Crippen LogP contribution is 2.45. The SMILES string of the molecule is Cc1ccc(N(c2ccc(C)cc2)c2ccc(C)c(-c3cccc(-c4ccc5c(c4)c4ccccc4n5-c4ccccc4)c3-c3ccccc3)c2)cc1. The lowest BCUT2D eigenvalue weighted by molar-refractivity contribution is 1.18. The van der Waals surface area contributed by atoms with Crippen molar-refractivity contribution in [3.05, 3.63) is 205 Å². The van der Waals surface area contributed by atoms with E-state index in [1.165, 1.54) is 77.6 Å². The van der Waals surface area contributed by atoms with Gasteiger partial charge in [-0.05, 0) is 126 Å². The fourth-order valence-electron chi connectivity index (χ4n) is 7.80. The van der Waals surface area contributed by atoms with E-state index in [2.05, 4.69) is 218 Å². The summed E-state index contributed by atoms with van der Waals surface area (Å²) < 4.78 is 2.38. The maximum Gasteiger partial charge on any atom is 0.0541 e. The molecule has 0 saturated heterocycles. The molecule has 8 aromatic carbocycles. The summed E-state index contributed by atoms with van der Waals surface area (Å²) >= 11 is 0. The molecule has 0 bridgehead atoms. The van der Waals surface area contributed by atoms with Crippen LogP contribution in [0.5, 0.6) is 0 Å². The number of benzene rings is 8. The summed E-state index contributed by atoms with van der Waals surface area (Å²) in [5.74, 6) is 0. The van der Waals surface area contributed by atoms with Gasteiger partial charge in [-0.2, -0.15) is 0 Å². The molecule has 9 aromatic rings. The Morgan fingerprint density at radius 1 is 0.377 bits per heavy atom. The van der Waals surface area contributed by atoms with Crippen molar-refractivity contribution in [2.45, 2.75) is 20.8 Å². The third kappa shape index (κ3) is 5.89. The van der Waals surface area contributed by atoms with Crippen molar-refractivity contribution in [2.24, 2.45) is 0 Å². The van der Waals surface area contributed by atoms with Crippen LogP contribution in [0.4, 0.5) is 17.1 Å². The molecule has 0 saturated carbocycles. The zero-order valence-corrected chi connectivity index (χ0v) is 30.3. The predicted molar refractivity (Wildman–Crippen MR) is 226 cm³/mol. The molecular weight excluding hydrogens is 641 g/mol. The average Bonchev–Trinajstić information content (AvgIpc) is 3.54. The Balaban J connectivity index is 1.25. The van der Waals surface area contributed by atoms with Gasteiger partial charge in [0.05, 0.1) is 11.0 Å². The molecule has 1 aromatic heterocycles. The van der Waals surface area contributed by atoms with Gasteiger partial charge in [-0.1, -0.05) is 132 Å². The molecule has 0 atom stereocenters. The summed E-state index contributed by atoms with van der Waals surface area (Å²) in [6.07, 6.45) is 0. The first-order valence-electron chi connectivity index (χ1n) is 18.4. The number of anilines is 3. The monoisotopic (exact) mass is 680 g/mol. The fraction of sp³-hybridized carbons (Fsp3) is 0.0588. The Bertz CT molecular complexity index is 2680. The summed E-state index contributed by atoms with van der Waals surface area (Å²) in [5.41, 5.74) is 18.0. The summed E-state index contributed by atoms with van der Waals surface area (Å²) in [5, 5.41) is 2.50. The van der Waals surface area contributed by atoms with Gasteiger partial charge in [0.2, 0.25) is 0 Å².